The Kier molecular flexibility index (Phi) is 4.35. The topological polar surface area (TPSA) is 45.2 Å². The van der Waals surface area contributed by atoms with Gasteiger partial charge in [-0.1, -0.05) is 35.9 Å². The largest absolute Gasteiger partial charge is 0.323 e. The summed E-state index contributed by atoms with van der Waals surface area (Å²) in [4.78, 5) is 19.1. The molecule has 1 N–H and O–H groups in total. The summed E-state index contributed by atoms with van der Waals surface area (Å²) >= 11 is 5.94. The molecule has 0 spiro atoms. The number of nitrogens with zero attached hydrogens (tertiary/aromatic N) is 2. The van der Waals surface area contributed by atoms with E-state index in [9.17, 15) is 4.79 Å². The molecule has 0 radical (unpaired) electrons. The summed E-state index contributed by atoms with van der Waals surface area (Å²) in [5.74, 6) is 0.671. The molecule has 0 bridgehead atoms. The van der Waals surface area contributed by atoms with Crippen molar-refractivity contribution in [2.75, 3.05) is 10.2 Å². The number of benzene rings is 2. The number of anilines is 3. The van der Waals surface area contributed by atoms with Crippen molar-refractivity contribution in [3.05, 3.63) is 83.0 Å². The van der Waals surface area contributed by atoms with Gasteiger partial charge < -0.3 is 10.2 Å². The maximum Gasteiger partial charge on any atom is 0.255 e. The molecule has 0 aliphatic carbocycles. The first-order valence-corrected chi connectivity index (χ1v) is 8.90. The minimum Gasteiger partial charge on any atom is -0.323 e. The van der Waals surface area contributed by atoms with Crippen molar-refractivity contribution < 1.29 is 4.79 Å². The number of fused-ring (bicyclic) bond motifs is 1. The summed E-state index contributed by atoms with van der Waals surface area (Å²) in [6, 6.07) is 19.4. The van der Waals surface area contributed by atoms with Crippen LogP contribution in [0, 0.1) is 0 Å². The molecule has 3 aromatic rings. The lowest BCUT2D eigenvalue weighted by atomic mass is 10.1. The zero-order valence-corrected chi connectivity index (χ0v) is 15.1. The van der Waals surface area contributed by atoms with Gasteiger partial charge in [0.15, 0.2) is 0 Å². The molecule has 1 aromatic heterocycles. The molecule has 4 nitrogen and oxygen atoms in total. The Bertz CT molecular complexity index is 955. The highest BCUT2D eigenvalue weighted by atomic mass is 35.5. The van der Waals surface area contributed by atoms with E-state index < -0.39 is 0 Å². The van der Waals surface area contributed by atoms with E-state index in [1.807, 2.05) is 18.2 Å². The summed E-state index contributed by atoms with van der Waals surface area (Å²) in [5.41, 5.74) is 3.70. The van der Waals surface area contributed by atoms with E-state index in [0.29, 0.717) is 22.3 Å². The van der Waals surface area contributed by atoms with E-state index in [2.05, 4.69) is 40.3 Å². The molecule has 1 unspecified atom stereocenters. The molecule has 4 rings (SSSR count). The van der Waals surface area contributed by atoms with Crippen LogP contribution in [0.4, 0.5) is 17.2 Å². The first-order chi connectivity index (χ1) is 12.6. The van der Waals surface area contributed by atoms with Gasteiger partial charge in [0.1, 0.15) is 5.82 Å². The van der Waals surface area contributed by atoms with Crippen LogP contribution in [0.25, 0.3) is 0 Å². The number of amides is 1. The minimum atomic E-state index is -0.207. The fourth-order valence-electron chi connectivity index (χ4n) is 3.35. The summed E-state index contributed by atoms with van der Waals surface area (Å²) in [5, 5.41) is 3.39. The molecule has 1 aliphatic heterocycles. The molecule has 0 fully saturated rings. The van der Waals surface area contributed by atoms with E-state index >= 15 is 0 Å². The van der Waals surface area contributed by atoms with Crippen molar-refractivity contribution in [2.24, 2.45) is 0 Å². The van der Waals surface area contributed by atoms with E-state index in [0.717, 1.165) is 12.2 Å². The summed E-state index contributed by atoms with van der Waals surface area (Å²) < 4.78 is 0. The van der Waals surface area contributed by atoms with Crippen molar-refractivity contribution in [3.63, 3.8) is 0 Å². The van der Waals surface area contributed by atoms with Gasteiger partial charge in [0.25, 0.3) is 5.91 Å². The average Bonchev–Trinajstić information content (AvgIpc) is 2.98. The summed E-state index contributed by atoms with van der Waals surface area (Å²) in [7, 11) is 0. The number of hydrogen-bond donors (Lipinski definition) is 1. The number of rotatable bonds is 3. The van der Waals surface area contributed by atoms with Gasteiger partial charge in [-0.05, 0) is 55.3 Å². The molecule has 1 aliphatic rings. The van der Waals surface area contributed by atoms with Gasteiger partial charge in [0.05, 0.1) is 11.9 Å². The van der Waals surface area contributed by atoms with Gasteiger partial charge >= 0.3 is 0 Å². The van der Waals surface area contributed by atoms with Crippen molar-refractivity contribution >= 4 is 34.7 Å². The van der Waals surface area contributed by atoms with Crippen LogP contribution in [0.5, 0.6) is 0 Å². The molecule has 5 heteroatoms. The zero-order chi connectivity index (χ0) is 18.1. The number of pyridine rings is 1. The monoisotopic (exact) mass is 363 g/mol. The van der Waals surface area contributed by atoms with Gasteiger partial charge in [-0.25, -0.2) is 4.98 Å². The van der Waals surface area contributed by atoms with Crippen LogP contribution in [-0.2, 0) is 6.42 Å². The SMILES string of the molecule is CC1Cc2ccccc2N1c1ccc(NC(=O)c2cccc(Cl)c2)cn1. The van der Waals surface area contributed by atoms with Gasteiger partial charge in [0, 0.05) is 22.3 Å². The highest BCUT2D eigenvalue weighted by Gasteiger charge is 2.27. The lowest BCUT2D eigenvalue weighted by molar-refractivity contribution is 0.102. The second-order valence-corrected chi connectivity index (χ2v) is 6.86. The maximum absolute atomic E-state index is 12.3. The van der Waals surface area contributed by atoms with Gasteiger partial charge in [-0.15, -0.1) is 0 Å². The van der Waals surface area contributed by atoms with Crippen LogP contribution in [0.3, 0.4) is 0 Å². The van der Waals surface area contributed by atoms with Crippen molar-refractivity contribution in [1.82, 2.24) is 4.98 Å². The molecule has 26 heavy (non-hydrogen) atoms. The third-order valence-electron chi connectivity index (χ3n) is 4.55. The van der Waals surface area contributed by atoms with Crippen LogP contribution in [0.2, 0.25) is 5.02 Å². The number of aromatic nitrogens is 1. The molecule has 0 saturated carbocycles. The molecule has 130 valence electrons. The van der Waals surface area contributed by atoms with Gasteiger partial charge in [-0.2, -0.15) is 0 Å². The van der Waals surface area contributed by atoms with Crippen molar-refractivity contribution in [1.29, 1.82) is 0 Å². The highest BCUT2D eigenvalue weighted by Crippen LogP contribution is 2.37. The van der Waals surface area contributed by atoms with E-state index in [1.165, 1.54) is 11.3 Å². The van der Waals surface area contributed by atoms with E-state index in [-0.39, 0.29) is 5.91 Å². The molecular formula is C21H18ClN3O. The Balaban J connectivity index is 1.53. The molecule has 0 saturated heterocycles. The first-order valence-electron chi connectivity index (χ1n) is 8.52. The Morgan fingerprint density at radius 2 is 2.00 bits per heavy atom. The Morgan fingerprint density at radius 3 is 2.77 bits per heavy atom. The lowest BCUT2D eigenvalue weighted by Crippen LogP contribution is -2.24. The molecule has 1 atom stereocenters. The highest BCUT2D eigenvalue weighted by molar-refractivity contribution is 6.31. The second kappa shape index (κ2) is 6.81. The standard InChI is InChI=1S/C21H18ClN3O/c1-14-11-15-5-2-3-8-19(15)25(14)20-10-9-18(13-23-20)24-21(26)16-6-4-7-17(22)12-16/h2-10,12-14H,11H2,1H3,(H,24,26). The molecule has 1 amide bonds. The quantitative estimate of drug-likeness (QED) is 0.706. The number of carbonyl (C=O) groups excluding carboxylic acids is 1. The number of nitrogens with one attached hydrogen (secondary N) is 1. The predicted molar refractivity (Wildman–Crippen MR) is 105 cm³/mol. The fourth-order valence-corrected chi connectivity index (χ4v) is 3.54. The van der Waals surface area contributed by atoms with Crippen LogP contribution < -0.4 is 10.2 Å². The van der Waals surface area contributed by atoms with E-state index in [4.69, 9.17) is 11.6 Å². The smallest absolute Gasteiger partial charge is 0.255 e. The minimum absolute atomic E-state index is 0.207. The number of carbonyl (C=O) groups is 1. The van der Waals surface area contributed by atoms with Gasteiger partial charge in [0.2, 0.25) is 0 Å². The predicted octanol–water partition coefficient (Wildman–Crippen LogP) is 5.07. The van der Waals surface area contributed by atoms with Gasteiger partial charge in [-0.3, -0.25) is 4.79 Å². The maximum atomic E-state index is 12.3. The summed E-state index contributed by atoms with van der Waals surface area (Å²) in [6.07, 6.45) is 2.69. The average molecular weight is 364 g/mol. The zero-order valence-electron chi connectivity index (χ0n) is 14.3. The molecule has 2 aromatic carbocycles. The van der Waals surface area contributed by atoms with E-state index in [1.54, 1.807) is 30.5 Å². The molecular weight excluding hydrogens is 346 g/mol. The van der Waals surface area contributed by atoms with Crippen molar-refractivity contribution in [3.8, 4) is 0 Å². The number of hydrogen-bond acceptors (Lipinski definition) is 3. The molecule has 2 heterocycles. The first kappa shape index (κ1) is 16.6. The van der Waals surface area contributed by atoms with Crippen LogP contribution >= 0.6 is 11.6 Å². The normalized spacial score (nSPS) is 15.6. The summed E-state index contributed by atoms with van der Waals surface area (Å²) in [6.45, 7) is 2.19. The van der Waals surface area contributed by atoms with Crippen molar-refractivity contribution in [2.45, 2.75) is 19.4 Å². The fraction of sp³-hybridized carbons (Fsp3) is 0.143. The third kappa shape index (κ3) is 3.16. The Hall–Kier alpha value is -2.85. The van der Waals surface area contributed by atoms with Crippen LogP contribution in [0.15, 0.2) is 66.9 Å². The number of halogens is 1. The Labute approximate surface area is 157 Å². The second-order valence-electron chi connectivity index (χ2n) is 6.42. The van der Waals surface area contributed by atoms with Crippen LogP contribution in [-0.4, -0.2) is 16.9 Å². The van der Waals surface area contributed by atoms with Crippen LogP contribution in [0.1, 0.15) is 22.8 Å². The third-order valence-corrected chi connectivity index (χ3v) is 4.78. The number of para-hydroxylation sites is 1. The lowest BCUT2D eigenvalue weighted by Gasteiger charge is -2.24. The Morgan fingerprint density at radius 1 is 1.15 bits per heavy atom.